The second kappa shape index (κ2) is 18.2. The summed E-state index contributed by atoms with van der Waals surface area (Å²) >= 11 is 0. The van der Waals surface area contributed by atoms with Crippen LogP contribution in [0.5, 0.6) is 0 Å². The molecule has 2 bridgehead atoms. The molecule has 0 spiro atoms. The summed E-state index contributed by atoms with van der Waals surface area (Å²) in [5, 5.41) is 31.7. The maximum absolute atomic E-state index is 13.7. The lowest BCUT2D eigenvalue weighted by Gasteiger charge is -2.46. The number of fused-ring (bicyclic) bond motifs is 2. The van der Waals surface area contributed by atoms with Crippen molar-refractivity contribution in [1.29, 1.82) is 0 Å². The summed E-state index contributed by atoms with van der Waals surface area (Å²) in [6, 6.07) is -1.19. The van der Waals surface area contributed by atoms with Gasteiger partial charge >= 0.3 is 5.97 Å². The van der Waals surface area contributed by atoms with Crippen molar-refractivity contribution in [3.05, 3.63) is 23.8 Å². The normalized spacial score (nSPS) is 37.8. The highest BCUT2D eigenvalue weighted by Crippen LogP contribution is 2.38. The molecule has 1 amide bonds. The molecule has 2 aliphatic heterocycles. The van der Waals surface area contributed by atoms with Crippen LogP contribution >= 0.6 is 0 Å². The molecule has 2 heterocycles. The highest BCUT2D eigenvalue weighted by molar-refractivity contribution is 6.39. The van der Waals surface area contributed by atoms with E-state index < -0.39 is 71.7 Å². The number of ketones is 2. The quantitative estimate of drug-likeness (QED) is 0.219. The average Bonchev–Trinajstić information content (AvgIpc) is 3.02. The Morgan fingerprint density at radius 1 is 1.02 bits per heavy atom. The first-order chi connectivity index (χ1) is 21.6. The van der Waals surface area contributed by atoms with Crippen LogP contribution in [-0.4, -0.2) is 114 Å². The molecule has 0 aromatic carbocycles. The van der Waals surface area contributed by atoms with E-state index in [9.17, 15) is 34.5 Å². The number of Topliss-reactive ketones (excluding diaryl/α,β-unsaturated/α-hetero) is 2. The van der Waals surface area contributed by atoms with Crippen molar-refractivity contribution < 1.29 is 53.4 Å². The SMILES string of the molecule is CCN1C(=O)C(=O)[C@]2(O)O[C@H]([C@@H](OC)C[C@@H](C)C/C(C)=C/[C@@H](C/C=C/CO)C(=O)C[C@H](O)[C@@H](C)COC(=O)[C@@H]1C)[C@@H](OC)C[C@H]2C. The van der Waals surface area contributed by atoms with E-state index in [1.807, 2.05) is 19.9 Å². The Morgan fingerprint density at radius 2 is 1.65 bits per heavy atom. The van der Waals surface area contributed by atoms with E-state index in [1.54, 1.807) is 32.9 Å². The number of rotatable bonds is 6. The number of methoxy groups -OCH3 is 2. The topological polar surface area (TPSA) is 169 Å². The first-order valence-electron chi connectivity index (χ1n) is 16.3. The van der Waals surface area contributed by atoms with Gasteiger partial charge in [-0.25, -0.2) is 4.79 Å². The molecule has 12 heteroatoms. The number of carbonyl (C=O) groups is 4. The molecule has 2 aliphatic rings. The molecule has 0 aromatic heterocycles. The fourth-order valence-corrected chi connectivity index (χ4v) is 6.29. The molecular formula is C34H55NO11. The van der Waals surface area contributed by atoms with Crippen LogP contribution in [0.4, 0.5) is 0 Å². The number of aliphatic hydroxyl groups excluding tert-OH is 2. The van der Waals surface area contributed by atoms with Crippen LogP contribution < -0.4 is 0 Å². The maximum Gasteiger partial charge on any atom is 0.328 e. The Kier molecular flexibility index (Phi) is 15.7. The lowest BCUT2D eigenvalue weighted by Crippen LogP contribution is -2.64. The number of carbonyl (C=O) groups excluding carboxylic acids is 4. The van der Waals surface area contributed by atoms with Gasteiger partial charge in [-0.15, -0.1) is 0 Å². The van der Waals surface area contributed by atoms with E-state index in [4.69, 9.17) is 18.9 Å². The third-order valence-corrected chi connectivity index (χ3v) is 9.26. The highest BCUT2D eigenvalue weighted by atomic mass is 16.7. The summed E-state index contributed by atoms with van der Waals surface area (Å²) in [6.45, 7) is 9.78. The van der Waals surface area contributed by atoms with Crippen LogP contribution in [0.25, 0.3) is 0 Å². The largest absolute Gasteiger partial charge is 0.464 e. The second-order valence-electron chi connectivity index (χ2n) is 13.0. The maximum atomic E-state index is 13.7. The average molecular weight is 654 g/mol. The molecule has 0 radical (unpaired) electrons. The van der Waals surface area contributed by atoms with Gasteiger partial charge in [-0.05, 0) is 52.4 Å². The van der Waals surface area contributed by atoms with E-state index in [0.717, 1.165) is 10.5 Å². The van der Waals surface area contributed by atoms with Crippen molar-refractivity contribution in [2.45, 2.75) is 110 Å². The smallest absolute Gasteiger partial charge is 0.328 e. The third-order valence-electron chi connectivity index (χ3n) is 9.26. The Bertz CT molecular complexity index is 1110. The lowest BCUT2D eigenvalue weighted by molar-refractivity contribution is -0.302. The molecule has 46 heavy (non-hydrogen) atoms. The summed E-state index contributed by atoms with van der Waals surface area (Å²) in [4.78, 5) is 54.6. The Morgan fingerprint density at radius 3 is 2.24 bits per heavy atom. The Labute approximate surface area is 273 Å². The van der Waals surface area contributed by atoms with Crippen LogP contribution in [0.15, 0.2) is 23.8 Å². The number of hydrogen-bond donors (Lipinski definition) is 3. The second-order valence-corrected chi connectivity index (χ2v) is 13.0. The minimum atomic E-state index is -2.49. The first kappa shape index (κ1) is 39.7. The van der Waals surface area contributed by atoms with Gasteiger partial charge in [-0.2, -0.15) is 0 Å². The molecule has 12 nitrogen and oxygen atoms in total. The molecule has 1 saturated heterocycles. The van der Waals surface area contributed by atoms with Gasteiger partial charge in [0, 0.05) is 44.9 Å². The van der Waals surface area contributed by atoms with Gasteiger partial charge in [0.25, 0.3) is 11.7 Å². The molecule has 0 aliphatic carbocycles. The van der Waals surface area contributed by atoms with Gasteiger partial charge in [0.1, 0.15) is 17.9 Å². The molecule has 262 valence electrons. The van der Waals surface area contributed by atoms with Crippen molar-refractivity contribution >= 4 is 23.4 Å². The van der Waals surface area contributed by atoms with Gasteiger partial charge in [0.2, 0.25) is 5.79 Å². The number of hydrogen-bond acceptors (Lipinski definition) is 11. The molecule has 0 unspecified atom stereocenters. The van der Waals surface area contributed by atoms with E-state index in [0.29, 0.717) is 19.3 Å². The van der Waals surface area contributed by atoms with Crippen molar-refractivity contribution in [2.24, 2.45) is 23.7 Å². The predicted octanol–water partition coefficient (Wildman–Crippen LogP) is 2.37. The number of esters is 1. The van der Waals surface area contributed by atoms with E-state index in [1.165, 1.54) is 21.1 Å². The highest BCUT2D eigenvalue weighted by Gasteiger charge is 2.56. The Balaban J connectivity index is 2.54. The zero-order valence-electron chi connectivity index (χ0n) is 28.6. The van der Waals surface area contributed by atoms with Crippen molar-refractivity contribution in [1.82, 2.24) is 4.90 Å². The first-order valence-corrected chi connectivity index (χ1v) is 16.3. The van der Waals surface area contributed by atoms with Crippen molar-refractivity contribution in [3.8, 4) is 0 Å². The van der Waals surface area contributed by atoms with Gasteiger partial charge in [-0.1, -0.05) is 44.6 Å². The zero-order valence-corrected chi connectivity index (χ0v) is 28.6. The number of ether oxygens (including phenoxy) is 4. The van der Waals surface area contributed by atoms with Crippen LogP contribution in [0.2, 0.25) is 0 Å². The summed E-state index contributed by atoms with van der Waals surface area (Å²) in [6.07, 6.45) is 3.43. The number of allylic oxidation sites excluding steroid dienone is 3. The van der Waals surface area contributed by atoms with E-state index >= 15 is 0 Å². The van der Waals surface area contributed by atoms with Crippen LogP contribution in [0.3, 0.4) is 0 Å². The summed E-state index contributed by atoms with van der Waals surface area (Å²) in [7, 11) is 3.01. The molecular weight excluding hydrogens is 598 g/mol. The number of nitrogens with zero attached hydrogens (tertiary/aromatic N) is 1. The van der Waals surface area contributed by atoms with Crippen molar-refractivity contribution in [2.75, 3.05) is 34.0 Å². The molecule has 3 N–H and O–H groups in total. The predicted molar refractivity (Wildman–Crippen MR) is 169 cm³/mol. The number of aliphatic hydroxyl groups is 3. The van der Waals surface area contributed by atoms with E-state index in [2.05, 4.69) is 0 Å². The van der Waals surface area contributed by atoms with Gasteiger partial charge in [0.15, 0.2) is 0 Å². The van der Waals surface area contributed by atoms with Gasteiger partial charge in [-0.3, -0.25) is 14.4 Å². The van der Waals surface area contributed by atoms with Crippen LogP contribution in [-0.2, 0) is 38.1 Å². The molecule has 0 aromatic rings. The standard InChI is InChI=1S/C34H55NO11/c1-9-35-24(6)33(41)45-19-22(4)26(37)18-27(38)25(12-10-11-13-36)15-20(2)14-21(3)16-28(43-7)30-29(44-8)17-23(5)34(42,46-30)31(39)32(35)40/h10-11,15,21-26,28-30,36-37,42H,9,12-14,16-19H2,1-8H3/b11-10+,20-15+/t21-,22-,23+,24-,25+,26-,28-,29-,30+,34+/m0/s1. The Hall–Kier alpha value is -2.48. The summed E-state index contributed by atoms with van der Waals surface area (Å²) < 4.78 is 23.0. The minimum Gasteiger partial charge on any atom is -0.464 e. The third kappa shape index (κ3) is 10.0. The van der Waals surface area contributed by atoms with Crippen molar-refractivity contribution in [3.63, 3.8) is 0 Å². The lowest BCUT2D eigenvalue weighted by atomic mass is 9.82. The zero-order chi connectivity index (χ0) is 34.8. The number of cyclic esters (lactones) is 1. The number of amides is 1. The van der Waals surface area contributed by atoms with Crippen LogP contribution in [0, 0.1) is 23.7 Å². The monoisotopic (exact) mass is 653 g/mol. The number of likely N-dealkylation sites (N-methyl/N-ethyl adjacent to an activating group) is 1. The minimum absolute atomic E-state index is 0.00938. The molecule has 10 atom stereocenters. The van der Waals surface area contributed by atoms with Gasteiger partial charge in [0.05, 0.1) is 31.5 Å². The molecule has 0 saturated carbocycles. The molecule has 2 rings (SSSR count). The van der Waals surface area contributed by atoms with Gasteiger partial charge < -0.3 is 39.2 Å². The summed E-state index contributed by atoms with van der Waals surface area (Å²) in [5.41, 5.74) is 0.938. The molecule has 1 fully saturated rings. The fraction of sp³-hybridized carbons (Fsp3) is 0.765. The summed E-state index contributed by atoms with van der Waals surface area (Å²) in [5.74, 6) is -7.73. The van der Waals surface area contributed by atoms with Crippen LogP contribution in [0.1, 0.15) is 73.6 Å². The fourth-order valence-electron chi connectivity index (χ4n) is 6.29. The van der Waals surface area contributed by atoms with E-state index in [-0.39, 0.29) is 44.3 Å².